The maximum atomic E-state index is 5.85. The van der Waals surface area contributed by atoms with Crippen molar-refractivity contribution in [2.24, 2.45) is 5.73 Å². The average molecular weight is 203 g/mol. The molecule has 0 aliphatic rings. The third kappa shape index (κ3) is 2.02. The van der Waals surface area contributed by atoms with Crippen LogP contribution in [0.5, 0.6) is 0 Å². The van der Waals surface area contributed by atoms with Gasteiger partial charge in [0.15, 0.2) is 0 Å². The Morgan fingerprint density at radius 2 is 2.40 bits per heavy atom. The largest absolute Gasteiger partial charge is 0.323 e. The lowest BCUT2D eigenvalue weighted by atomic mass is 10.2. The minimum atomic E-state index is -0.0459. The van der Waals surface area contributed by atoms with Crippen molar-refractivity contribution in [1.29, 1.82) is 0 Å². The zero-order chi connectivity index (χ0) is 10.7. The van der Waals surface area contributed by atoms with Gasteiger partial charge in [-0.05, 0) is 18.6 Å². The van der Waals surface area contributed by atoms with Gasteiger partial charge in [0.05, 0.1) is 29.8 Å². The van der Waals surface area contributed by atoms with Crippen molar-refractivity contribution in [3.8, 4) is 5.69 Å². The summed E-state index contributed by atoms with van der Waals surface area (Å²) in [6.07, 6.45) is 6.14. The van der Waals surface area contributed by atoms with Gasteiger partial charge in [-0.2, -0.15) is 0 Å². The average Bonchev–Trinajstić information content (AvgIpc) is 2.78. The highest BCUT2D eigenvalue weighted by Crippen LogP contribution is 2.11. The number of nitrogens with two attached hydrogens (primary N) is 1. The van der Waals surface area contributed by atoms with Crippen LogP contribution in [0.2, 0.25) is 0 Å². The van der Waals surface area contributed by atoms with Gasteiger partial charge >= 0.3 is 0 Å². The second-order valence-electron chi connectivity index (χ2n) is 3.31. The van der Waals surface area contributed by atoms with Gasteiger partial charge in [-0.25, -0.2) is 4.68 Å². The summed E-state index contributed by atoms with van der Waals surface area (Å²) in [5.74, 6) is 0. The number of pyridine rings is 1. The molecule has 5 nitrogen and oxygen atoms in total. The highest BCUT2D eigenvalue weighted by Gasteiger charge is 2.08. The molecule has 0 saturated carbocycles. The molecule has 2 aromatic rings. The van der Waals surface area contributed by atoms with Gasteiger partial charge in [-0.15, -0.1) is 5.10 Å². The number of hydrogen-bond acceptors (Lipinski definition) is 4. The first-order chi connectivity index (χ1) is 7.31. The summed E-state index contributed by atoms with van der Waals surface area (Å²) in [7, 11) is 0. The second-order valence-corrected chi connectivity index (χ2v) is 3.31. The Kier molecular flexibility index (Phi) is 2.73. The van der Waals surface area contributed by atoms with Gasteiger partial charge in [0.1, 0.15) is 0 Å². The summed E-state index contributed by atoms with van der Waals surface area (Å²) in [6, 6.07) is 3.73. The minimum Gasteiger partial charge on any atom is -0.323 e. The van der Waals surface area contributed by atoms with Crippen molar-refractivity contribution in [1.82, 2.24) is 20.0 Å². The SMILES string of the molecule is CCC(N)c1cn(-c2cccnc2)nn1. The van der Waals surface area contributed by atoms with Crippen molar-refractivity contribution in [3.05, 3.63) is 36.4 Å². The molecule has 2 N–H and O–H groups in total. The van der Waals surface area contributed by atoms with Crippen molar-refractivity contribution in [2.45, 2.75) is 19.4 Å². The van der Waals surface area contributed by atoms with Crippen LogP contribution in [-0.2, 0) is 0 Å². The number of nitrogens with zero attached hydrogens (tertiary/aromatic N) is 4. The fourth-order valence-corrected chi connectivity index (χ4v) is 1.27. The van der Waals surface area contributed by atoms with Crippen LogP contribution in [0.3, 0.4) is 0 Å². The summed E-state index contributed by atoms with van der Waals surface area (Å²) < 4.78 is 1.68. The predicted octanol–water partition coefficient (Wildman–Crippen LogP) is 1.07. The monoisotopic (exact) mass is 203 g/mol. The lowest BCUT2D eigenvalue weighted by molar-refractivity contribution is 0.670. The highest BCUT2D eigenvalue weighted by molar-refractivity contribution is 5.26. The molecule has 0 saturated heterocycles. The van der Waals surface area contributed by atoms with E-state index in [2.05, 4.69) is 15.3 Å². The Balaban J connectivity index is 2.28. The van der Waals surface area contributed by atoms with Crippen molar-refractivity contribution < 1.29 is 0 Å². The molecule has 1 unspecified atom stereocenters. The summed E-state index contributed by atoms with van der Waals surface area (Å²) in [4.78, 5) is 4.02. The maximum absolute atomic E-state index is 5.85. The Hall–Kier alpha value is -1.75. The van der Waals surface area contributed by atoms with Gasteiger partial charge < -0.3 is 5.73 Å². The van der Waals surface area contributed by atoms with E-state index in [9.17, 15) is 0 Å². The molecule has 0 spiro atoms. The first kappa shape index (κ1) is 9.79. The molecule has 0 aliphatic heterocycles. The minimum absolute atomic E-state index is 0.0459. The normalized spacial score (nSPS) is 12.7. The molecule has 0 fully saturated rings. The first-order valence-electron chi connectivity index (χ1n) is 4.89. The molecule has 2 heterocycles. The lowest BCUT2D eigenvalue weighted by Crippen LogP contribution is -2.08. The molecule has 2 aromatic heterocycles. The zero-order valence-electron chi connectivity index (χ0n) is 8.54. The fourth-order valence-electron chi connectivity index (χ4n) is 1.27. The van der Waals surface area contributed by atoms with E-state index in [-0.39, 0.29) is 6.04 Å². The maximum Gasteiger partial charge on any atom is 0.0998 e. The van der Waals surface area contributed by atoms with Gasteiger partial charge in [-0.1, -0.05) is 12.1 Å². The molecule has 2 rings (SSSR count). The smallest absolute Gasteiger partial charge is 0.0998 e. The Morgan fingerprint density at radius 1 is 1.53 bits per heavy atom. The van der Waals surface area contributed by atoms with Crippen LogP contribution in [0, 0.1) is 0 Å². The van der Waals surface area contributed by atoms with Crippen molar-refractivity contribution in [3.63, 3.8) is 0 Å². The van der Waals surface area contributed by atoms with E-state index in [1.807, 2.05) is 25.3 Å². The zero-order valence-corrected chi connectivity index (χ0v) is 8.54. The Bertz CT molecular complexity index is 422. The summed E-state index contributed by atoms with van der Waals surface area (Å²) in [6.45, 7) is 2.02. The van der Waals surface area contributed by atoms with Crippen LogP contribution >= 0.6 is 0 Å². The van der Waals surface area contributed by atoms with Crippen LogP contribution < -0.4 is 5.73 Å². The van der Waals surface area contributed by atoms with E-state index < -0.39 is 0 Å². The summed E-state index contributed by atoms with van der Waals surface area (Å²) in [5, 5.41) is 8.03. The van der Waals surface area contributed by atoms with Gasteiger partial charge in [0.25, 0.3) is 0 Å². The fraction of sp³-hybridized carbons (Fsp3) is 0.300. The summed E-state index contributed by atoms with van der Waals surface area (Å²) in [5.41, 5.74) is 7.55. The molecule has 78 valence electrons. The molecular weight excluding hydrogens is 190 g/mol. The van der Waals surface area contributed by atoms with Crippen molar-refractivity contribution in [2.75, 3.05) is 0 Å². The molecule has 0 radical (unpaired) electrons. The molecule has 1 atom stereocenters. The Morgan fingerprint density at radius 3 is 3.07 bits per heavy atom. The first-order valence-corrected chi connectivity index (χ1v) is 4.89. The van der Waals surface area contributed by atoms with Crippen LogP contribution in [0.1, 0.15) is 25.1 Å². The molecule has 0 bridgehead atoms. The molecular formula is C10H13N5. The molecule has 5 heteroatoms. The van der Waals surface area contributed by atoms with E-state index in [0.717, 1.165) is 17.8 Å². The number of aromatic nitrogens is 4. The predicted molar refractivity (Wildman–Crippen MR) is 56.4 cm³/mol. The summed E-state index contributed by atoms with van der Waals surface area (Å²) >= 11 is 0. The molecule has 0 amide bonds. The van der Waals surface area contributed by atoms with Gasteiger partial charge in [-0.3, -0.25) is 4.98 Å². The molecule has 15 heavy (non-hydrogen) atoms. The van der Waals surface area contributed by atoms with E-state index in [4.69, 9.17) is 5.73 Å². The van der Waals surface area contributed by atoms with E-state index in [0.29, 0.717) is 0 Å². The van der Waals surface area contributed by atoms with Crippen LogP contribution in [0.4, 0.5) is 0 Å². The Labute approximate surface area is 87.9 Å². The lowest BCUT2D eigenvalue weighted by Gasteiger charge is -2.01. The third-order valence-electron chi connectivity index (χ3n) is 2.24. The van der Waals surface area contributed by atoms with Gasteiger partial charge in [0.2, 0.25) is 0 Å². The van der Waals surface area contributed by atoms with E-state index in [1.54, 1.807) is 17.1 Å². The van der Waals surface area contributed by atoms with Crippen LogP contribution in [-0.4, -0.2) is 20.0 Å². The standard InChI is InChI=1S/C10H13N5/c1-2-9(11)10-7-15(14-13-10)8-4-3-5-12-6-8/h3-7,9H,2,11H2,1H3. The highest BCUT2D eigenvalue weighted by atomic mass is 15.4. The van der Waals surface area contributed by atoms with E-state index >= 15 is 0 Å². The molecule has 0 aliphatic carbocycles. The number of hydrogen-bond donors (Lipinski definition) is 1. The van der Waals surface area contributed by atoms with Crippen LogP contribution in [0.15, 0.2) is 30.7 Å². The quantitative estimate of drug-likeness (QED) is 0.810. The molecule has 0 aromatic carbocycles. The topological polar surface area (TPSA) is 69.6 Å². The van der Waals surface area contributed by atoms with Crippen molar-refractivity contribution >= 4 is 0 Å². The van der Waals surface area contributed by atoms with E-state index in [1.165, 1.54) is 0 Å². The van der Waals surface area contributed by atoms with Gasteiger partial charge in [0, 0.05) is 6.20 Å². The number of rotatable bonds is 3. The second kappa shape index (κ2) is 4.18. The van der Waals surface area contributed by atoms with Crippen LogP contribution in [0.25, 0.3) is 5.69 Å². The third-order valence-corrected chi connectivity index (χ3v) is 2.24.